The molecule has 1 nitrogen and oxygen atoms in total. The van der Waals surface area contributed by atoms with Gasteiger partial charge in [0.05, 0.1) is 0 Å². The fourth-order valence-electron chi connectivity index (χ4n) is 0.461. The number of hydrogen-bond acceptors (Lipinski definition) is 1. The Morgan fingerprint density at radius 1 is 1.67 bits per heavy atom. The first-order valence-corrected chi connectivity index (χ1v) is 2.71. The Hall–Kier alpha value is -0.630. The van der Waals surface area contributed by atoms with Crippen LogP contribution in [-0.4, -0.2) is 4.98 Å². The smallest absolute Gasteiger partial charge is 0.164 e. The van der Waals surface area contributed by atoms with Gasteiger partial charge in [-0.15, -0.1) is 0 Å². The lowest BCUT2D eigenvalue weighted by Crippen LogP contribution is -1.82. The van der Waals surface area contributed by atoms with E-state index < -0.39 is 5.82 Å². The van der Waals surface area contributed by atoms with Crippen molar-refractivity contribution in [3.63, 3.8) is 0 Å². The van der Waals surface area contributed by atoms with Crippen molar-refractivity contribution >= 4 is 11.6 Å². The highest BCUT2D eigenvalue weighted by molar-refractivity contribution is 6.29. The topological polar surface area (TPSA) is 12.9 Å². The van der Waals surface area contributed by atoms with E-state index >= 15 is 0 Å². The maximum Gasteiger partial charge on any atom is 0.164 e. The first-order chi connectivity index (χ1) is 4.20. The molecule has 9 heavy (non-hydrogen) atoms. The van der Waals surface area contributed by atoms with Crippen LogP contribution in [0.5, 0.6) is 0 Å². The summed E-state index contributed by atoms with van der Waals surface area (Å²) in [7, 11) is 0. The van der Waals surface area contributed by atoms with Crippen molar-refractivity contribution in [3.05, 3.63) is 35.7 Å². The van der Waals surface area contributed by atoms with Gasteiger partial charge in [-0.3, -0.25) is 0 Å². The molecular weight excluding hydrogens is 141 g/mol. The van der Waals surface area contributed by atoms with E-state index in [-0.39, 0.29) is 5.15 Å². The molecule has 1 aromatic rings. The van der Waals surface area contributed by atoms with Crippen LogP contribution in [0.25, 0.3) is 0 Å². The second-order valence-electron chi connectivity index (χ2n) is 1.62. The number of hydrogen-bond donors (Lipinski definition) is 0. The Morgan fingerprint density at radius 3 is 2.78 bits per heavy atom. The molecule has 1 radical (unpaired) electrons. The number of aromatic nitrogens is 1. The number of nitrogens with zero attached hydrogens (tertiary/aromatic N) is 1. The molecule has 0 bridgehead atoms. The Bertz CT molecular complexity index is 224. The SMILES string of the molecule is [CH2]c1cnc(Cl)c(F)c1. The molecule has 0 atom stereocenters. The molecule has 1 rings (SSSR count). The van der Waals surface area contributed by atoms with Gasteiger partial charge in [-0.25, -0.2) is 9.37 Å². The van der Waals surface area contributed by atoms with Gasteiger partial charge in [0.25, 0.3) is 0 Å². The molecule has 0 spiro atoms. The number of pyridine rings is 1. The van der Waals surface area contributed by atoms with Gasteiger partial charge in [0.1, 0.15) is 0 Å². The third-order valence-electron chi connectivity index (χ3n) is 0.853. The molecule has 0 aliphatic rings. The van der Waals surface area contributed by atoms with Crippen LogP contribution in [0.15, 0.2) is 12.3 Å². The summed E-state index contributed by atoms with van der Waals surface area (Å²) in [5.74, 6) is -0.524. The zero-order valence-electron chi connectivity index (χ0n) is 4.56. The van der Waals surface area contributed by atoms with E-state index in [9.17, 15) is 4.39 Å². The first kappa shape index (κ1) is 6.49. The highest BCUT2D eigenvalue weighted by atomic mass is 35.5. The van der Waals surface area contributed by atoms with Gasteiger partial charge >= 0.3 is 0 Å². The third kappa shape index (κ3) is 1.39. The van der Waals surface area contributed by atoms with Gasteiger partial charge in [0.2, 0.25) is 0 Å². The molecule has 1 heterocycles. The minimum absolute atomic E-state index is 0.109. The first-order valence-electron chi connectivity index (χ1n) is 2.33. The van der Waals surface area contributed by atoms with Gasteiger partial charge < -0.3 is 0 Å². The van der Waals surface area contributed by atoms with Crippen LogP contribution in [0.4, 0.5) is 4.39 Å². The summed E-state index contributed by atoms with van der Waals surface area (Å²) in [4.78, 5) is 3.51. The minimum atomic E-state index is -0.524. The highest BCUT2D eigenvalue weighted by Gasteiger charge is 1.97. The van der Waals surface area contributed by atoms with Crippen LogP contribution in [-0.2, 0) is 0 Å². The average Bonchev–Trinajstić information content (AvgIpc) is 1.80. The van der Waals surface area contributed by atoms with E-state index in [0.717, 1.165) is 0 Å². The van der Waals surface area contributed by atoms with Crippen molar-refractivity contribution < 1.29 is 4.39 Å². The van der Waals surface area contributed by atoms with Gasteiger partial charge in [0, 0.05) is 6.20 Å². The monoisotopic (exact) mass is 144 g/mol. The average molecular weight is 145 g/mol. The Balaban J connectivity index is 3.17. The summed E-state index contributed by atoms with van der Waals surface area (Å²) in [6.07, 6.45) is 1.41. The zero-order chi connectivity index (χ0) is 6.85. The predicted octanol–water partition coefficient (Wildman–Crippen LogP) is 2.06. The third-order valence-corrected chi connectivity index (χ3v) is 1.13. The van der Waals surface area contributed by atoms with Crippen molar-refractivity contribution in [2.45, 2.75) is 0 Å². The molecule has 0 aromatic carbocycles. The number of halogens is 2. The summed E-state index contributed by atoms with van der Waals surface area (Å²) in [5, 5.41) is -0.109. The second kappa shape index (κ2) is 2.31. The number of rotatable bonds is 0. The molecule has 0 amide bonds. The van der Waals surface area contributed by atoms with E-state index in [1.54, 1.807) is 0 Å². The lowest BCUT2D eigenvalue weighted by molar-refractivity contribution is 0.621. The molecule has 3 heteroatoms. The Morgan fingerprint density at radius 2 is 2.33 bits per heavy atom. The van der Waals surface area contributed by atoms with Crippen molar-refractivity contribution in [2.75, 3.05) is 0 Å². The van der Waals surface area contributed by atoms with E-state index in [2.05, 4.69) is 11.9 Å². The summed E-state index contributed by atoms with van der Waals surface area (Å²) in [6.45, 7) is 3.46. The fourth-order valence-corrected chi connectivity index (χ4v) is 0.564. The molecule has 0 aliphatic heterocycles. The standard InChI is InChI=1S/C6H4ClFN/c1-4-2-5(8)6(7)9-3-4/h2-3H,1H2. The molecule has 0 saturated heterocycles. The predicted molar refractivity (Wildman–Crippen MR) is 33.7 cm³/mol. The highest BCUT2D eigenvalue weighted by Crippen LogP contribution is 2.10. The van der Waals surface area contributed by atoms with Gasteiger partial charge in [0.15, 0.2) is 11.0 Å². The molecular formula is C6H4ClFN. The largest absolute Gasteiger partial charge is 0.241 e. The quantitative estimate of drug-likeness (QED) is 0.508. The van der Waals surface area contributed by atoms with Crippen molar-refractivity contribution in [1.29, 1.82) is 0 Å². The molecule has 0 fully saturated rings. The second-order valence-corrected chi connectivity index (χ2v) is 1.97. The van der Waals surface area contributed by atoms with E-state index in [1.165, 1.54) is 12.3 Å². The summed E-state index contributed by atoms with van der Waals surface area (Å²) < 4.78 is 12.3. The van der Waals surface area contributed by atoms with Crippen LogP contribution in [0.2, 0.25) is 5.15 Å². The maximum atomic E-state index is 12.3. The molecule has 0 aliphatic carbocycles. The van der Waals surface area contributed by atoms with Crippen LogP contribution < -0.4 is 0 Å². The Kier molecular flexibility index (Phi) is 1.67. The molecule has 0 unspecified atom stereocenters. The molecule has 0 N–H and O–H groups in total. The minimum Gasteiger partial charge on any atom is -0.241 e. The van der Waals surface area contributed by atoms with Gasteiger partial charge in [-0.2, -0.15) is 0 Å². The summed E-state index contributed by atoms with van der Waals surface area (Å²) >= 11 is 5.27. The lowest BCUT2D eigenvalue weighted by Gasteiger charge is -1.91. The van der Waals surface area contributed by atoms with Crippen LogP contribution in [0.3, 0.4) is 0 Å². The lowest BCUT2D eigenvalue weighted by atomic mass is 10.3. The van der Waals surface area contributed by atoms with Crippen LogP contribution >= 0.6 is 11.6 Å². The van der Waals surface area contributed by atoms with E-state index in [0.29, 0.717) is 5.56 Å². The molecule has 47 valence electrons. The molecule has 0 saturated carbocycles. The van der Waals surface area contributed by atoms with Crippen molar-refractivity contribution in [1.82, 2.24) is 4.98 Å². The maximum absolute atomic E-state index is 12.3. The van der Waals surface area contributed by atoms with Crippen molar-refractivity contribution in [2.24, 2.45) is 0 Å². The Labute approximate surface area is 57.5 Å². The van der Waals surface area contributed by atoms with Gasteiger partial charge in [-0.05, 0) is 18.6 Å². The van der Waals surface area contributed by atoms with Crippen molar-refractivity contribution in [3.8, 4) is 0 Å². The van der Waals surface area contributed by atoms with Crippen LogP contribution in [0.1, 0.15) is 5.56 Å². The van der Waals surface area contributed by atoms with Gasteiger partial charge in [-0.1, -0.05) is 11.6 Å². The summed E-state index contributed by atoms with van der Waals surface area (Å²) in [5.41, 5.74) is 0.525. The fraction of sp³-hybridized carbons (Fsp3) is 0. The van der Waals surface area contributed by atoms with Crippen LogP contribution in [0, 0.1) is 12.7 Å². The zero-order valence-corrected chi connectivity index (χ0v) is 5.32. The van der Waals surface area contributed by atoms with E-state index in [4.69, 9.17) is 11.6 Å². The van der Waals surface area contributed by atoms with E-state index in [1.807, 2.05) is 0 Å². The molecule has 1 aromatic heterocycles. The summed E-state index contributed by atoms with van der Waals surface area (Å²) in [6, 6.07) is 1.23. The normalized spacial score (nSPS) is 9.67.